The van der Waals surface area contributed by atoms with Gasteiger partial charge in [-0.25, -0.2) is 9.78 Å². The van der Waals surface area contributed by atoms with Gasteiger partial charge in [0.1, 0.15) is 11.4 Å². The average molecular weight is 378 g/mol. The van der Waals surface area contributed by atoms with Gasteiger partial charge < -0.3 is 9.72 Å². The quantitative estimate of drug-likeness (QED) is 0.801. The Morgan fingerprint density at radius 1 is 1.39 bits per heavy atom. The standard InChI is InChI=1S/C17H20BrN3O2/c1-17(2,3)23-16(22)21-13-6-9(13)7-14(21)15-19-11-5-4-10(18)8-12(11)20-15/h4-5,8-9,13-14H,6-7H2,1-3H3,(H,19,20)/t9-,13?,14+/m1/s1. The minimum atomic E-state index is -0.479. The van der Waals surface area contributed by atoms with Crippen LogP contribution in [0, 0.1) is 5.92 Å². The zero-order valence-electron chi connectivity index (χ0n) is 13.5. The molecule has 1 amide bonds. The van der Waals surface area contributed by atoms with Crippen LogP contribution in [0.3, 0.4) is 0 Å². The van der Waals surface area contributed by atoms with Crippen LogP contribution in [-0.2, 0) is 4.74 Å². The molecule has 1 aromatic heterocycles. The number of carbonyl (C=O) groups excluding carboxylic acids is 1. The molecule has 0 bridgehead atoms. The second kappa shape index (κ2) is 4.97. The maximum Gasteiger partial charge on any atom is 0.411 e. The van der Waals surface area contributed by atoms with Gasteiger partial charge >= 0.3 is 6.09 Å². The van der Waals surface area contributed by atoms with Gasteiger partial charge in [-0.05, 0) is 57.7 Å². The zero-order valence-corrected chi connectivity index (χ0v) is 15.1. The Bertz CT molecular complexity index is 780. The number of aromatic amines is 1. The number of halogens is 1. The fraction of sp³-hybridized carbons (Fsp3) is 0.529. The summed E-state index contributed by atoms with van der Waals surface area (Å²) < 4.78 is 6.60. The minimum absolute atomic E-state index is 0.0141. The molecule has 1 aliphatic heterocycles. The number of benzene rings is 1. The number of amides is 1. The number of nitrogens with zero attached hydrogens (tertiary/aromatic N) is 2. The molecular formula is C17H20BrN3O2. The van der Waals surface area contributed by atoms with Crippen LogP contribution < -0.4 is 0 Å². The number of nitrogens with one attached hydrogen (secondary N) is 1. The van der Waals surface area contributed by atoms with E-state index in [-0.39, 0.29) is 12.1 Å². The number of H-pyrrole nitrogens is 1. The number of ether oxygens (including phenoxy) is 1. The Morgan fingerprint density at radius 3 is 2.91 bits per heavy atom. The number of fused-ring (bicyclic) bond motifs is 2. The van der Waals surface area contributed by atoms with E-state index >= 15 is 0 Å². The van der Waals surface area contributed by atoms with Crippen molar-refractivity contribution in [1.82, 2.24) is 14.9 Å². The highest BCUT2D eigenvalue weighted by molar-refractivity contribution is 9.10. The lowest BCUT2D eigenvalue weighted by molar-refractivity contribution is 0.0175. The second-order valence-electron chi connectivity index (χ2n) is 7.49. The molecule has 6 heteroatoms. The first-order valence-electron chi connectivity index (χ1n) is 7.98. The Hall–Kier alpha value is -1.56. The topological polar surface area (TPSA) is 58.2 Å². The zero-order chi connectivity index (χ0) is 16.4. The molecule has 2 fully saturated rings. The normalized spacial score (nSPS) is 26.4. The van der Waals surface area contributed by atoms with Crippen LogP contribution in [0.25, 0.3) is 11.0 Å². The van der Waals surface area contributed by atoms with E-state index in [0.29, 0.717) is 12.0 Å². The third-order valence-electron chi connectivity index (χ3n) is 4.49. The summed E-state index contributed by atoms with van der Waals surface area (Å²) in [6, 6.07) is 6.28. The number of likely N-dealkylation sites (tertiary alicyclic amines) is 1. The molecule has 1 aromatic carbocycles. The Morgan fingerprint density at radius 2 is 2.17 bits per heavy atom. The minimum Gasteiger partial charge on any atom is -0.444 e. The third kappa shape index (κ3) is 2.73. The number of rotatable bonds is 1. The van der Waals surface area contributed by atoms with Crippen molar-refractivity contribution in [2.24, 2.45) is 5.92 Å². The van der Waals surface area contributed by atoms with Crippen molar-refractivity contribution in [2.45, 2.75) is 51.3 Å². The first-order valence-corrected chi connectivity index (χ1v) is 8.77. The van der Waals surface area contributed by atoms with E-state index in [9.17, 15) is 4.79 Å². The van der Waals surface area contributed by atoms with Gasteiger partial charge in [0.15, 0.2) is 0 Å². The fourth-order valence-corrected chi connectivity index (χ4v) is 3.78. The summed E-state index contributed by atoms with van der Waals surface area (Å²) >= 11 is 3.47. The van der Waals surface area contributed by atoms with E-state index in [1.165, 1.54) is 0 Å². The van der Waals surface area contributed by atoms with Gasteiger partial charge in [0.25, 0.3) is 0 Å². The molecule has 1 saturated carbocycles. The molecule has 2 aromatic rings. The predicted molar refractivity (Wildman–Crippen MR) is 91.1 cm³/mol. The molecule has 0 radical (unpaired) electrons. The molecule has 1 saturated heterocycles. The van der Waals surface area contributed by atoms with Crippen molar-refractivity contribution in [1.29, 1.82) is 0 Å². The molecule has 4 rings (SSSR count). The molecule has 3 atom stereocenters. The van der Waals surface area contributed by atoms with Gasteiger partial charge in [-0.3, -0.25) is 4.90 Å². The van der Waals surface area contributed by atoms with Crippen LogP contribution in [0.1, 0.15) is 45.5 Å². The largest absolute Gasteiger partial charge is 0.444 e. The van der Waals surface area contributed by atoms with E-state index < -0.39 is 5.60 Å². The lowest BCUT2D eigenvalue weighted by atomic mass is 10.1. The second-order valence-corrected chi connectivity index (χ2v) is 8.40. The number of hydrogen-bond donors (Lipinski definition) is 1. The van der Waals surface area contributed by atoms with Gasteiger partial charge in [0.2, 0.25) is 0 Å². The Kier molecular flexibility index (Phi) is 3.24. The molecule has 1 N–H and O–H groups in total. The van der Waals surface area contributed by atoms with Crippen LogP contribution in [0.2, 0.25) is 0 Å². The van der Waals surface area contributed by atoms with E-state index in [1.807, 2.05) is 43.9 Å². The predicted octanol–water partition coefficient (Wildman–Crippen LogP) is 4.40. The summed E-state index contributed by atoms with van der Waals surface area (Å²) in [7, 11) is 0. The van der Waals surface area contributed by atoms with Crippen LogP contribution in [0.15, 0.2) is 22.7 Å². The maximum atomic E-state index is 12.6. The molecule has 1 aliphatic carbocycles. The van der Waals surface area contributed by atoms with Crippen molar-refractivity contribution in [2.75, 3.05) is 0 Å². The van der Waals surface area contributed by atoms with E-state index in [0.717, 1.165) is 34.2 Å². The summed E-state index contributed by atoms with van der Waals surface area (Å²) in [5.74, 6) is 1.45. The highest BCUT2D eigenvalue weighted by atomic mass is 79.9. The first kappa shape index (κ1) is 15.0. The number of aromatic nitrogens is 2. The van der Waals surface area contributed by atoms with Crippen LogP contribution in [0.5, 0.6) is 0 Å². The summed E-state index contributed by atoms with van der Waals surface area (Å²) in [6.45, 7) is 5.71. The Labute approximate surface area is 143 Å². The lowest BCUT2D eigenvalue weighted by Gasteiger charge is -2.29. The maximum absolute atomic E-state index is 12.6. The monoisotopic (exact) mass is 377 g/mol. The van der Waals surface area contributed by atoms with Gasteiger partial charge in [-0.2, -0.15) is 0 Å². The van der Waals surface area contributed by atoms with E-state index in [4.69, 9.17) is 9.72 Å². The molecular weight excluding hydrogens is 358 g/mol. The SMILES string of the molecule is CC(C)(C)OC(=O)N1C2C[C@@H]2C[C@H]1c1nc2cc(Br)ccc2[nH]1. The summed E-state index contributed by atoms with van der Waals surface area (Å²) in [4.78, 5) is 22.6. The molecule has 122 valence electrons. The number of carbonyl (C=O) groups is 1. The highest BCUT2D eigenvalue weighted by Gasteiger charge is 2.56. The van der Waals surface area contributed by atoms with Crippen molar-refractivity contribution in [3.05, 3.63) is 28.5 Å². The number of imidazole rings is 1. The third-order valence-corrected chi connectivity index (χ3v) is 4.98. The van der Waals surface area contributed by atoms with Crippen molar-refractivity contribution in [3.8, 4) is 0 Å². The summed E-state index contributed by atoms with van der Waals surface area (Å²) in [5, 5.41) is 0. The highest BCUT2D eigenvalue weighted by Crippen LogP contribution is 2.53. The molecule has 1 unspecified atom stereocenters. The van der Waals surface area contributed by atoms with Crippen LogP contribution in [-0.4, -0.2) is 32.6 Å². The first-order chi connectivity index (χ1) is 10.8. The number of piperidine rings is 1. The van der Waals surface area contributed by atoms with Gasteiger partial charge in [0, 0.05) is 10.5 Å². The van der Waals surface area contributed by atoms with Crippen LogP contribution >= 0.6 is 15.9 Å². The van der Waals surface area contributed by atoms with Crippen molar-refractivity contribution < 1.29 is 9.53 Å². The Balaban J connectivity index is 1.65. The summed E-state index contributed by atoms with van der Waals surface area (Å²) in [5.41, 5.74) is 1.43. The van der Waals surface area contributed by atoms with Crippen molar-refractivity contribution in [3.63, 3.8) is 0 Å². The van der Waals surface area contributed by atoms with Crippen LogP contribution in [0.4, 0.5) is 4.79 Å². The molecule has 2 heterocycles. The number of hydrogen-bond acceptors (Lipinski definition) is 3. The smallest absolute Gasteiger partial charge is 0.411 e. The van der Waals surface area contributed by atoms with E-state index in [2.05, 4.69) is 20.9 Å². The van der Waals surface area contributed by atoms with Crippen molar-refractivity contribution >= 4 is 33.1 Å². The molecule has 0 spiro atoms. The van der Waals surface area contributed by atoms with Gasteiger partial charge in [-0.15, -0.1) is 0 Å². The summed E-state index contributed by atoms with van der Waals surface area (Å²) in [6.07, 6.45) is 1.82. The molecule has 2 aliphatic rings. The fourth-order valence-electron chi connectivity index (χ4n) is 3.43. The molecule has 5 nitrogen and oxygen atoms in total. The van der Waals surface area contributed by atoms with E-state index in [1.54, 1.807) is 0 Å². The lowest BCUT2D eigenvalue weighted by Crippen LogP contribution is -2.38. The van der Waals surface area contributed by atoms with Gasteiger partial charge in [0.05, 0.1) is 17.1 Å². The molecule has 23 heavy (non-hydrogen) atoms. The average Bonchev–Trinajstić information content (AvgIpc) is 2.92. The van der Waals surface area contributed by atoms with Gasteiger partial charge in [-0.1, -0.05) is 15.9 Å².